The van der Waals surface area contributed by atoms with Gasteiger partial charge in [-0.05, 0) is 25.7 Å². The second-order valence-electron chi connectivity index (χ2n) is 4.73. The standard InChI is InChI=1S/C14H16N2O2/c1-3-6-16(9-11-4-5-11)14(18)12-8-15-10(2)7-13(12)17/h1,7-8,11H,4-6,9H2,2H3,(H,15,17). The van der Waals surface area contributed by atoms with Crippen LogP contribution in [0.3, 0.4) is 0 Å². The Morgan fingerprint density at radius 2 is 2.33 bits per heavy atom. The maximum Gasteiger partial charge on any atom is 0.260 e. The van der Waals surface area contributed by atoms with Gasteiger partial charge in [0.05, 0.1) is 6.54 Å². The van der Waals surface area contributed by atoms with E-state index >= 15 is 0 Å². The predicted octanol–water partition coefficient (Wildman–Crippen LogP) is 1.17. The first-order valence-electron chi connectivity index (χ1n) is 6.04. The zero-order chi connectivity index (χ0) is 13.1. The number of nitrogens with one attached hydrogen (secondary N) is 1. The molecule has 0 aromatic carbocycles. The first-order chi connectivity index (χ1) is 8.61. The van der Waals surface area contributed by atoms with Crippen molar-refractivity contribution < 1.29 is 4.79 Å². The Morgan fingerprint density at radius 1 is 1.61 bits per heavy atom. The van der Waals surface area contributed by atoms with Crippen molar-refractivity contribution in [3.05, 3.63) is 33.7 Å². The molecular weight excluding hydrogens is 228 g/mol. The van der Waals surface area contributed by atoms with E-state index in [1.807, 2.05) is 0 Å². The van der Waals surface area contributed by atoms with Crippen LogP contribution in [-0.4, -0.2) is 28.9 Å². The van der Waals surface area contributed by atoms with Crippen molar-refractivity contribution in [1.29, 1.82) is 0 Å². The van der Waals surface area contributed by atoms with Crippen molar-refractivity contribution in [3.63, 3.8) is 0 Å². The SMILES string of the molecule is C#CCN(CC1CC1)C(=O)c1c[nH]c(C)cc1=O. The molecular formula is C14H16N2O2. The van der Waals surface area contributed by atoms with Crippen molar-refractivity contribution in [2.45, 2.75) is 19.8 Å². The molecule has 4 nitrogen and oxygen atoms in total. The van der Waals surface area contributed by atoms with Gasteiger partial charge in [-0.25, -0.2) is 0 Å². The number of terminal acetylenes is 1. The average Bonchev–Trinajstić information content (AvgIpc) is 3.11. The summed E-state index contributed by atoms with van der Waals surface area (Å²) in [6, 6.07) is 1.43. The molecule has 2 rings (SSSR count). The number of rotatable bonds is 4. The predicted molar refractivity (Wildman–Crippen MR) is 69.3 cm³/mol. The lowest BCUT2D eigenvalue weighted by Crippen LogP contribution is -2.36. The Morgan fingerprint density at radius 3 is 2.89 bits per heavy atom. The van der Waals surface area contributed by atoms with Crippen molar-refractivity contribution in [1.82, 2.24) is 9.88 Å². The molecule has 1 aliphatic carbocycles. The highest BCUT2D eigenvalue weighted by Crippen LogP contribution is 2.29. The van der Waals surface area contributed by atoms with Gasteiger partial charge in [-0.2, -0.15) is 0 Å². The zero-order valence-electron chi connectivity index (χ0n) is 10.4. The van der Waals surface area contributed by atoms with E-state index in [1.54, 1.807) is 11.8 Å². The summed E-state index contributed by atoms with van der Waals surface area (Å²) in [6.07, 6.45) is 9.02. The number of aryl methyl sites for hydroxylation is 1. The second-order valence-corrected chi connectivity index (χ2v) is 4.73. The summed E-state index contributed by atoms with van der Waals surface area (Å²) in [5, 5.41) is 0. The van der Waals surface area contributed by atoms with E-state index in [4.69, 9.17) is 6.42 Å². The molecule has 18 heavy (non-hydrogen) atoms. The molecule has 94 valence electrons. The summed E-state index contributed by atoms with van der Waals surface area (Å²) in [4.78, 5) is 28.5. The van der Waals surface area contributed by atoms with Crippen molar-refractivity contribution in [2.75, 3.05) is 13.1 Å². The quantitative estimate of drug-likeness (QED) is 0.808. The molecule has 1 saturated carbocycles. The molecule has 1 amide bonds. The summed E-state index contributed by atoms with van der Waals surface area (Å²) < 4.78 is 0. The van der Waals surface area contributed by atoms with Crippen LogP contribution >= 0.6 is 0 Å². The fourth-order valence-electron chi connectivity index (χ4n) is 1.85. The Hall–Kier alpha value is -2.02. The fraction of sp³-hybridized carbons (Fsp3) is 0.429. The number of carbonyl (C=O) groups is 1. The lowest BCUT2D eigenvalue weighted by Gasteiger charge is -2.19. The normalized spacial score (nSPS) is 14.0. The highest BCUT2D eigenvalue weighted by atomic mass is 16.2. The molecule has 4 heteroatoms. The molecule has 0 radical (unpaired) electrons. The summed E-state index contributed by atoms with van der Waals surface area (Å²) >= 11 is 0. The Labute approximate surface area is 106 Å². The second kappa shape index (κ2) is 5.09. The van der Waals surface area contributed by atoms with Gasteiger partial charge in [0, 0.05) is 24.5 Å². The third kappa shape index (κ3) is 2.80. The molecule has 0 unspecified atom stereocenters. The topological polar surface area (TPSA) is 53.2 Å². The lowest BCUT2D eigenvalue weighted by molar-refractivity contribution is 0.0768. The summed E-state index contributed by atoms with van der Waals surface area (Å²) in [6.45, 7) is 2.68. The van der Waals surface area contributed by atoms with Crippen molar-refractivity contribution in [3.8, 4) is 12.3 Å². The zero-order valence-corrected chi connectivity index (χ0v) is 10.4. The summed E-state index contributed by atoms with van der Waals surface area (Å²) in [7, 11) is 0. The number of nitrogens with zero attached hydrogens (tertiary/aromatic N) is 1. The minimum Gasteiger partial charge on any atom is -0.364 e. The minimum atomic E-state index is -0.277. The van der Waals surface area contributed by atoms with Gasteiger partial charge in [-0.3, -0.25) is 9.59 Å². The molecule has 1 aliphatic rings. The van der Waals surface area contributed by atoms with E-state index in [2.05, 4.69) is 10.9 Å². The van der Waals surface area contributed by atoms with Gasteiger partial charge < -0.3 is 9.88 Å². The maximum absolute atomic E-state index is 12.2. The van der Waals surface area contributed by atoms with Crippen LogP contribution in [0.1, 0.15) is 28.9 Å². The molecule has 0 aliphatic heterocycles. The smallest absolute Gasteiger partial charge is 0.260 e. The number of aromatic amines is 1. The van der Waals surface area contributed by atoms with E-state index in [9.17, 15) is 9.59 Å². The van der Waals surface area contributed by atoms with Crippen LogP contribution in [0.5, 0.6) is 0 Å². The van der Waals surface area contributed by atoms with Crippen molar-refractivity contribution in [2.24, 2.45) is 5.92 Å². The number of aromatic nitrogens is 1. The van der Waals surface area contributed by atoms with Gasteiger partial charge >= 0.3 is 0 Å². The van der Waals surface area contributed by atoms with Gasteiger partial charge in [-0.1, -0.05) is 5.92 Å². The van der Waals surface area contributed by atoms with E-state index in [-0.39, 0.29) is 23.4 Å². The molecule has 1 fully saturated rings. The molecule has 1 aromatic rings. The van der Waals surface area contributed by atoms with Crippen LogP contribution in [0, 0.1) is 25.2 Å². The number of pyridine rings is 1. The Kier molecular flexibility index (Phi) is 3.52. The molecule has 0 spiro atoms. The fourth-order valence-corrected chi connectivity index (χ4v) is 1.85. The molecule has 0 bridgehead atoms. The van der Waals surface area contributed by atoms with Crippen LogP contribution in [0.15, 0.2) is 17.1 Å². The molecule has 0 saturated heterocycles. The van der Waals surface area contributed by atoms with Gasteiger partial charge in [0.2, 0.25) is 0 Å². The Balaban J connectivity index is 2.21. The minimum absolute atomic E-state index is 0.163. The largest absolute Gasteiger partial charge is 0.364 e. The van der Waals surface area contributed by atoms with Crippen molar-refractivity contribution >= 4 is 5.91 Å². The monoisotopic (exact) mass is 244 g/mol. The Bertz CT molecular complexity index is 550. The molecule has 0 atom stereocenters. The van der Waals surface area contributed by atoms with Crippen LogP contribution in [0.4, 0.5) is 0 Å². The summed E-state index contributed by atoms with van der Waals surface area (Å²) in [5.41, 5.74) is 0.646. The van der Waals surface area contributed by atoms with Crippen LogP contribution < -0.4 is 5.43 Å². The van der Waals surface area contributed by atoms with Gasteiger partial charge in [0.15, 0.2) is 5.43 Å². The highest BCUT2D eigenvalue weighted by Gasteiger charge is 2.27. The average molecular weight is 244 g/mol. The summed E-state index contributed by atoms with van der Waals surface area (Å²) in [5.74, 6) is 2.75. The van der Waals surface area contributed by atoms with Gasteiger partial charge in [-0.15, -0.1) is 6.42 Å². The first-order valence-corrected chi connectivity index (χ1v) is 6.04. The van der Waals surface area contributed by atoms with E-state index in [1.165, 1.54) is 12.3 Å². The van der Waals surface area contributed by atoms with Crippen LogP contribution in [0.25, 0.3) is 0 Å². The van der Waals surface area contributed by atoms with Gasteiger partial charge in [0.25, 0.3) is 5.91 Å². The van der Waals surface area contributed by atoms with E-state index < -0.39 is 0 Å². The third-order valence-corrected chi connectivity index (χ3v) is 3.03. The van der Waals surface area contributed by atoms with E-state index in [0.717, 1.165) is 18.5 Å². The maximum atomic E-state index is 12.2. The molecule has 1 aromatic heterocycles. The number of H-pyrrole nitrogens is 1. The number of carbonyl (C=O) groups excluding carboxylic acids is 1. The van der Waals surface area contributed by atoms with Crippen LogP contribution in [0.2, 0.25) is 0 Å². The number of hydrogen-bond acceptors (Lipinski definition) is 2. The first kappa shape index (κ1) is 12.4. The number of hydrogen-bond donors (Lipinski definition) is 1. The third-order valence-electron chi connectivity index (χ3n) is 3.03. The molecule has 1 N–H and O–H groups in total. The van der Waals surface area contributed by atoms with Gasteiger partial charge in [0.1, 0.15) is 5.56 Å². The lowest BCUT2D eigenvalue weighted by atomic mass is 10.2. The van der Waals surface area contributed by atoms with Crippen LogP contribution in [-0.2, 0) is 0 Å². The highest BCUT2D eigenvalue weighted by molar-refractivity contribution is 5.94. The van der Waals surface area contributed by atoms with E-state index in [0.29, 0.717) is 12.5 Å². The number of amides is 1. The molecule has 1 heterocycles.